The van der Waals surface area contributed by atoms with Crippen molar-refractivity contribution in [1.29, 1.82) is 0 Å². The van der Waals surface area contributed by atoms with Crippen LogP contribution >= 0.6 is 23.4 Å². The van der Waals surface area contributed by atoms with E-state index in [2.05, 4.69) is 10.4 Å². The van der Waals surface area contributed by atoms with Crippen molar-refractivity contribution in [3.63, 3.8) is 0 Å². The van der Waals surface area contributed by atoms with Crippen LogP contribution in [-0.2, 0) is 4.79 Å². The Labute approximate surface area is 123 Å². The van der Waals surface area contributed by atoms with E-state index in [1.54, 1.807) is 35.3 Å². The normalized spacial score (nSPS) is 16.8. The zero-order valence-electron chi connectivity index (χ0n) is 10.0. The summed E-state index contributed by atoms with van der Waals surface area (Å²) in [6.45, 7) is 0. The molecule has 0 aliphatic carbocycles. The third kappa shape index (κ3) is 2.61. The lowest BCUT2D eigenvalue weighted by Gasteiger charge is -1.99. The first-order valence-corrected chi connectivity index (χ1v) is 6.87. The molecule has 2 heterocycles. The van der Waals surface area contributed by atoms with E-state index in [9.17, 15) is 9.59 Å². The number of imide groups is 1. The summed E-state index contributed by atoms with van der Waals surface area (Å²) >= 11 is 6.71. The van der Waals surface area contributed by atoms with E-state index in [0.717, 1.165) is 23.0 Å². The Balaban J connectivity index is 1.87. The van der Waals surface area contributed by atoms with Crippen molar-refractivity contribution in [2.45, 2.75) is 0 Å². The van der Waals surface area contributed by atoms with Gasteiger partial charge in [-0.25, -0.2) is 4.68 Å². The predicted molar refractivity (Wildman–Crippen MR) is 77.7 cm³/mol. The molecule has 2 amide bonds. The topological polar surface area (TPSA) is 64.0 Å². The van der Waals surface area contributed by atoms with Gasteiger partial charge in [0.05, 0.1) is 16.8 Å². The van der Waals surface area contributed by atoms with E-state index in [1.165, 1.54) is 0 Å². The molecular weight excluding hydrogens is 298 g/mol. The van der Waals surface area contributed by atoms with Crippen LogP contribution in [0.1, 0.15) is 5.56 Å². The summed E-state index contributed by atoms with van der Waals surface area (Å²) in [5.74, 6) is -0.376. The fraction of sp³-hybridized carbons (Fsp3) is 0. The predicted octanol–water partition coefficient (Wildman–Crippen LogP) is 2.85. The van der Waals surface area contributed by atoms with Crippen LogP contribution in [0.3, 0.4) is 0 Å². The van der Waals surface area contributed by atoms with Gasteiger partial charge in [0.1, 0.15) is 0 Å². The number of thioether (sulfide) groups is 1. The van der Waals surface area contributed by atoms with E-state index in [-0.39, 0.29) is 11.1 Å². The molecular formula is C13H8ClN3O2S. The number of nitrogens with one attached hydrogen (secondary N) is 1. The zero-order chi connectivity index (χ0) is 14.1. The molecule has 1 aromatic carbocycles. The van der Waals surface area contributed by atoms with Crippen LogP contribution in [0, 0.1) is 0 Å². The number of nitrogens with zero attached hydrogens (tertiary/aromatic N) is 2. The first kappa shape index (κ1) is 13.0. The van der Waals surface area contributed by atoms with Gasteiger partial charge < -0.3 is 0 Å². The van der Waals surface area contributed by atoms with E-state index in [0.29, 0.717) is 9.93 Å². The average Bonchev–Trinajstić information content (AvgIpc) is 2.98. The van der Waals surface area contributed by atoms with Crippen molar-refractivity contribution < 1.29 is 9.59 Å². The van der Waals surface area contributed by atoms with Crippen LogP contribution in [0.4, 0.5) is 4.79 Å². The van der Waals surface area contributed by atoms with Crippen molar-refractivity contribution in [3.05, 3.63) is 52.2 Å². The second kappa shape index (κ2) is 5.15. The molecule has 0 saturated carbocycles. The van der Waals surface area contributed by atoms with Crippen LogP contribution < -0.4 is 5.32 Å². The van der Waals surface area contributed by atoms with E-state index in [4.69, 9.17) is 11.6 Å². The maximum atomic E-state index is 11.4. The van der Waals surface area contributed by atoms with Crippen LogP contribution in [-0.4, -0.2) is 20.9 Å². The lowest BCUT2D eigenvalue weighted by molar-refractivity contribution is -0.115. The molecule has 1 aromatic heterocycles. The van der Waals surface area contributed by atoms with Crippen LogP contribution in [0.25, 0.3) is 11.8 Å². The highest BCUT2D eigenvalue weighted by Crippen LogP contribution is 2.25. The van der Waals surface area contributed by atoms with Crippen LogP contribution in [0.5, 0.6) is 0 Å². The minimum Gasteiger partial charge on any atom is -0.282 e. The zero-order valence-corrected chi connectivity index (χ0v) is 11.6. The molecule has 0 bridgehead atoms. The summed E-state index contributed by atoms with van der Waals surface area (Å²) in [5.41, 5.74) is 1.60. The fourth-order valence-corrected chi connectivity index (χ4v) is 2.53. The number of benzene rings is 1. The first-order valence-electron chi connectivity index (χ1n) is 5.67. The molecule has 100 valence electrons. The Kier molecular flexibility index (Phi) is 3.33. The van der Waals surface area contributed by atoms with Crippen LogP contribution in [0.2, 0.25) is 5.02 Å². The van der Waals surface area contributed by atoms with E-state index >= 15 is 0 Å². The second-order valence-corrected chi connectivity index (χ2v) is 5.50. The van der Waals surface area contributed by atoms with Crippen molar-refractivity contribution in [3.8, 4) is 5.69 Å². The molecule has 2 aromatic rings. The minimum absolute atomic E-state index is 0.355. The SMILES string of the molecule is O=C1NC(=O)/C(=C/c2cnn(-c3ccc(Cl)cc3)c2)S1. The van der Waals surface area contributed by atoms with Gasteiger partial charge >= 0.3 is 0 Å². The largest absolute Gasteiger partial charge is 0.290 e. The van der Waals surface area contributed by atoms with Crippen molar-refractivity contribution in [2.24, 2.45) is 0 Å². The molecule has 5 nitrogen and oxygen atoms in total. The summed E-state index contributed by atoms with van der Waals surface area (Å²) < 4.78 is 1.67. The van der Waals surface area contributed by atoms with Crippen LogP contribution in [0.15, 0.2) is 41.6 Å². The number of amides is 2. The second-order valence-electron chi connectivity index (χ2n) is 4.05. The summed E-state index contributed by atoms with van der Waals surface area (Å²) in [4.78, 5) is 22.9. The Bertz CT molecular complexity index is 721. The molecule has 0 spiro atoms. The van der Waals surface area contributed by atoms with Crippen molar-refractivity contribution in [1.82, 2.24) is 15.1 Å². The molecule has 3 rings (SSSR count). The molecule has 7 heteroatoms. The number of halogens is 1. The molecule has 1 aliphatic heterocycles. The number of hydrogen-bond donors (Lipinski definition) is 1. The standard InChI is InChI=1S/C13H8ClN3O2S/c14-9-1-3-10(4-2-9)17-7-8(6-15-17)5-11-12(18)16-13(19)20-11/h1-7H,(H,16,18,19)/b11-5-. The molecule has 0 unspecified atom stereocenters. The number of carbonyl (C=O) groups is 2. The van der Waals surface area contributed by atoms with Gasteiger partial charge in [0.15, 0.2) is 0 Å². The maximum Gasteiger partial charge on any atom is 0.290 e. The monoisotopic (exact) mass is 305 g/mol. The van der Waals surface area contributed by atoms with Gasteiger partial charge in [0.25, 0.3) is 11.1 Å². The molecule has 1 N–H and O–H groups in total. The van der Waals surface area contributed by atoms with Gasteiger partial charge in [-0.15, -0.1) is 0 Å². The smallest absolute Gasteiger partial charge is 0.282 e. The Hall–Kier alpha value is -2.05. The number of carbonyl (C=O) groups excluding carboxylic acids is 2. The summed E-state index contributed by atoms with van der Waals surface area (Å²) in [5, 5.41) is 6.71. The van der Waals surface area contributed by atoms with Gasteiger partial charge in [0.2, 0.25) is 0 Å². The molecule has 1 fully saturated rings. The summed E-state index contributed by atoms with van der Waals surface area (Å²) in [6, 6.07) is 7.23. The highest BCUT2D eigenvalue weighted by Gasteiger charge is 2.25. The van der Waals surface area contributed by atoms with Gasteiger partial charge in [-0.1, -0.05) is 11.6 Å². The third-order valence-corrected chi connectivity index (χ3v) is 3.70. The van der Waals surface area contributed by atoms with Gasteiger partial charge in [-0.2, -0.15) is 5.10 Å². The summed E-state index contributed by atoms with van der Waals surface area (Å²) in [7, 11) is 0. The first-order chi connectivity index (χ1) is 9.61. The van der Waals surface area contributed by atoms with Gasteiger partial charge in [-0.05, 0) is 42.1 Å². The highest BCUT2D eigenvalue weighted by molar-refractivity contribution is 8.18. The molecule has 0 atom stereocenters. The van der Waals surface area contributed by atoms with E-state index in [1.807, 2.05) is 12.1 Å². The fourth-order valence-electron chi connectivity index (χ4n) is 1.72. The lowest BCUT2D eigenvalue weighted by atomic mass is 10.3. The minimum atomic E-state index is -0.376. The van der Waals surface area contributed by atoms with E-state index < -0.39 is 0 Å². The quantitative estimate of drug-likeness (QED) is 0.867. The Morgan fingerprint density at radius 3 is 2.65 bits per heavy atom. The number of rotatable bonds is 2. The highest BCUT2D eigenvalue weighted by atomic mass is 35.5. The molecule has 1 saturated heterocycles. The lowest BCUT2D eigenvalue weighted by Crippen LogP contribution is -2.17. The molecule has 1 aliphatic rings. The molecule has 0 radical (unpaired) electrons. The van der Waals surface area contributed by atoms with Crippen molar-refractivity contribution in [2.75, 3.05) is 0 Å². The third-order valence-electron chi connectivity index (χ3n) is 2.63. The Morgan fingerprint density at radius 1 is 1.25 bits per heavy atom. The van der Waals surface area contributed by atoms with Gasteiger partial charge in [-0.3, -0.25) is 14.9 Å². The van der Waals surface area contributed by atoms with Gasteiger partial charge in [0, 0.05) is 16.8 Å². The molecule has 20 heavy (non-hydrogen) atoms. The number of hydrogen-bond acceptors (Lipinski definition) is 4. The summed E-state index contributed by atoms with van der Waals surface area (Å²) in [6.07, 6.45) is 5.02. The number of aromatic nitrogens is 2. The maximum absolute atomic E-state index is 11.4. The average molecular weight is 306 g/mol. The van der Waals surface area contributed by atoms with Crippen molar-refractivity contribution >= 4 is 40.6 Å². The Morgan fingerprint density at radius 2 is 2.00 bits per heavy atom.